The Hall–Kier alpha value is -2.44. The van der Waals surface area contributed by atoms with Crippen LogP contribution in [0.15, 0.2) is 48.5 Å². The van der Waals surface area contributed by atoms with Gasteiger partial charge in [0.25, 0.3) is 5.69 Å². The molecule has 132 valence electrons. The zero-order chi connectivity index (χ0) is 18.4. The van der Waals surface area contributed by atoms with Gasteiger partial charge in [-0.15, -0.1) is 0 Å². The number of carbonyl (C=O) groups is 1. The van der Waals surface area contributed by atoms with E-state index in [1.165, 1.54) is 18.2 Å². The van der Waals surface area contributed by atoms with Gasteiger partial charge < -0.3 is 5.32 Å². The second-order valence-electron chi connectivity index (χ2n) is 5.64. The van der Waals surface area contributed by atoms with Crippen molar-refractivity contribution in [3.8, 4) is 0 Å². The summed E-state index contributed by atoms with van der Waals surface area (Å²) in [4.78, 5) is 24.9. The predicted molar refractivity (Wildman–Crippen MR) is 98.7 cm³/mol. The number of amides is 1. The topological polar surface area (TPSA) is 75.5 Å². The summed E-state index contributed by atoms with van der Waals surface area (Å²) < 4.78 is 0. The van der Waals surface area contributed by atoms with E-state index in [0.717, 1.165) is 5.56 Å². The lowest BCUT2D eigenvalue weighted by molar-refractivity contribution is -0.384. The third-order valence-corrected chi connectivity index (χ3v) is 4.31. The van der Waals surface area contributed by atoms with Crippen molar-refractivity contribution in [2.45, 2.75) is 26.4 Å². The van der Waals surface area contributed by atoms with Crippen LogP contribution in [0.5, 0.6) is 0 Å². The Balaban J connectivity index is 2.11. The summed E-state index contributed by atoms with van der Waals surface area (Å²) in [6.07, 6.45) is 0. The number of benzene rings is 2. The van der Waals surface area contributed by atoms with Gasteiger partial charge in [-0.2, -0.15) is 0 Å². The highest BCUT2D eigenvalue weighted by Gasteiger charge is 2.22. The summed E-state index contributed by atoms with van der Waals surface area (Å²) in [5, 5.41) is 13.8. The molecule has 0 saturated carbocycles. The first-order valence-electron chi connectivity index (χ1n) is 7.95. The first-order chi connectivity index (χ1) is 11.9. The van der Waals surface area contributed by atoms with Gasteiger partial charge in [-0.05, 0) is 25.1 Å². The Labute approximate surface area is 151 Å². The van der Waals surface area contributed by atoms with Crippen LogP contribution in [0.3, 0.4) is 0 Å². The van der Waals surface area contributed by atoms with Gasteiger partial charge in [0.2, 0.25) is 5.91 Å². The lowest BCUT2D eigenvalue weighted by atomic mass is 10.1. The molecule has 0 bridgehead atoms. The van der Waals surface area contributed by atoms with Crippen LogP contribution in [0.25, 0.3) is 0 Å². The monoisotopic (exact) mass is 361 g/mol. The van der Waals surface area contributed by atoms with Crippen molar-refractivity contribution >= 4 is 28.9 Å². The lowest BCUT2D eigenvalue weighted by Crippen LogP contribution is -2.41. The molecule has 0 aromatic heterocycles. The number of hydrogen-bond donors (Lipinski definition) is 1. The second kappa shape index (κ2) is 8.60. The number of likely N-dealkylation sites (N-methyl/N-ethyl adjacent to an activating group) is 1. The van der Waals surface area contributed by atoms with Crippen LogP contribution in [0.1, 0.15) is 19.4 Å². The van der Waals surface area contributed by atoms with Crippen molar-refractivity contribution < 1.29 is 9.72 Å². The summed E-state index contributed by atoms with van der Waals surface area (Å²) in [5.41, 5.74) is 1.23. The van der Waals surface area contributed by atoms with Crippen LogP contribution >= 0.6 is 11.6 Å². The van der Waals surface area contributed by atoms with Gasteiger partial charge in [-0.25, -0.2) is 0 Å². The van der Waals surface area contributed by atoms with Gasteiger partial charge in [-0.1, -0.05) is 48.9 Å². The summed E-state index contributed by atoms with van der Waals surface area (Å²) >= 11 is 6.04. The summed E-state index contributed by atoms with van der Waals surface area (Å²) in [6, 6.07) is 13.4. The number of halogens is 1. The largest absolute Gasteiger partial charge is 0.323 e. The quantitative estimate of drug-likeness (QED) is 0.595. The molecule has 2 aromatic carbocycles. The zero-order valence-corrected chi connectivity index (χ0v) is 14.9. The van der Waals surface area contributed by atoms with Crippen molar-refractivity contribution in [3.63, 3.8) is 0 Å². The summed E-state index contributed by atoms with van der Waals surface area (Å²) in [6.45, 7) is 5.10. The molecule has 0 saturated heterocycles. The Bertz CT molecular complexity index is 752. The van der Waals surface area contributed by atoms with Gasteiger partial charge in [0.05, 0.1) is 21.7 Å². The third-order valence-electron chi connectivity index (χ3n) is 3.98. The van der Waals surface area contributed by atoms with E-state index in [9.17, 15) is 14.9 Å². The zero-order valence-electron chi connectivity index (χ0n) is 14.1. The molecular formula is C18H20ClN3O3. The molecule has 25 heavy (non-hydrogen) atoms. The van der Waals surface area contributed by atoms with Gasteiger partial charge in [0.1, 0.15) is 0 Å². The van der Waals surface area contributed by atoms with Gasteiger partial charge in [-0.3, -0.25) is 19.8 Å². The van der Waals surface area contributed by atoms with Crippen molar-refractivity contribution in [1.29, 1.82) is 0 Å². The molecule has 0 spiro atoms. The Morgan fingerprint density at radius 2 is 1.96 bits per heavy atom. The molecule has 0 fully saturated rings. The third kappa shape index (κ3) is 5.01. The van der Waals surface area contributed by atoms with Crippen LogP contribution in [-0.4, -0.2) is 28.3 Å². The van der Waals surface area contributed by atoms with Gasteiger partial charge in [0.15, 0.2) is 0 Å². The van der Waals surface area contributed by atoms with Crippen molar-refractivity contribution in [3.05, 3.63) is 69.2 Å². The number of carbonyl (C=O) groups excluding carboxylic acids is 1. The summed E-state index contributed by atoms with van der Waals surface area (Å²) in [5.74, 6) is -0.264. The van der Waals surface area contributed by atoms with Crippen molar-refractivity contribution in [2.24, 2.45) is 0 Å². The average molecular weight is 362 g/mol. The molecule has 0 heterocycles. The molecule has 0 aliphatic carbocycles. The lowest BCUT2D eigenvalue weighted by Gasteiger charge is -2.27. The fraction of sp³-hybridized carbons (Fsp3) is 0.278. The number of anilines is 1. The number of nitrogens with one attached hydrogen (secondary N) is 1. The maximum atomic E-state index is 12.6. The molecule has 0 radical (unpaired) electrons. The molecule has 2 rings (SSSR count). The van der Waals surface area contributed by atoms with Crippen LogP contribution in [0.2, 0.25) is 5.02 Å². The molecule has 6 nitrogen and oxygen atoms in total. The minimum atomic E-state index is -0.525. The fourth-order valence-corrected chi connectivity index (χ4v) is 2.63. The van der Waals surface area contributed by atoms with Crippen molar-refractivity contribution in [1.82, 2.24) is 4.90 Å². The highest BCUT2D eigenvalue weighted by atomic mass is 35.5. The molecule has 2 aromatic rings. The molecule has 1 atom stereocenters. The fourth-order valence-electron chi connectivity index (χ4n) is 2.47. The van der Waals surface area contributed by atoms with Crippen LogP contribution in [-0.2, 0) is 11.3 Å². The normalized spacial score (nSPS) is 12.0. The van der Waals surface area contributed by atoms with Crippen molar-refractivity contribution in [2.75, 3.05) is 11.9 Å². The molecule has 0 aliphatic heterocycles. The highest BCUT2D eigenvalue weighted by molar-refractivity contribution is 6.33. The standard InChI is InChI=1S/C18H20ClN3O3/c1-3-21(12-14-7-5-4-6-8-14)13(2)18(23)20-17-11-15(22(24)25)9-10-16(17)19/h4-11,13H,3,12H2,1-2H3,(H,20,23). The Kier molecular flexibility index (Phi) is 6.50. The van der Waals surface area contributed by atoms with E-state index < -0.39 is 11.0 Å². The minimum absolute atomic E-state index is 0.121. The maximum absolute atomic E-state index is 12.6. The summed E-state index contributed by atoms with van der Waals surface area (Å²) in [7, 11) is 0. The smallest absolute Gasteiger partial charge is 0.271 e. The molecule has 1 unspecified atom stereocenters. The van der Waals surface area contributed by atoms with Crippen LogP contribution < -0.4 is 5.32 Å². The van der Waals surface area contributed by atoms with Crippen LogP contribution in [0.4, 0.5) is 11.4 Å². The SMILES string of the molecule is CCN(Cc1ccccc1)C(C)C(=O)Nc1cc([N+](=O)[O-])ccc1Cl. The average Bonchev–Trinajstić information content (AvgIpc) is 2.61. The number of hydrogen-bond acceptors (Lipinski definition) is 4. The van der Waals surface area contributed by atoms with Gasteiger partial charge in [0, 0.05) is 18.7 Å². The predicted octanol–water partition coefficient (Wildman–Crippen LogP) is 4.10. The Morgan fingerprint density at radius 1 is 1.28 bits per heavy atom. The van der Waals surface area contributed by atoms with E-state index in [4.69, 9.17) is 11.6 Å². The second-order valence-corrected chi connectivity index (χ2v) is 6.04. The number of nitro benzene ring substituents is 1. The van der Waals surface area contributed by atoms with E-state index in [2.05, 4.69) is 5.32 Å². The van der Waals surface area contributed by atoms with E-state index in [-0.39, 0.29) is 22.3 Å². The Morgan fingerprint density at radius 3 is 2.56 bits per heavy atom. The first-order valence-corrected chi connectivity index (χ1v) is 8.33. The van der Waals surface area contributed by atoms with Crippen LogP contribution in [0, 0.1) is 10.1 Å². The number of non-ortho nitro benzene ring substituents is 1. The van der Waals surface area contributed by atoms with E-state index >= 15 is 0 Å². The first kappa shape index (κ1) is 18.9. The van der Waals surface area contributed by atoms with E-state index in [0.29, 0.717) is 13.1 Å². The minimum Gasteiger partial charge on any atom is -0.323 e. The number of nitro groups is 1. The van der Waals surface area contributed by atoms with E-state index in [1.54, 1.807) is 6.92 Å². The molecule has 7 heteroatoms. The van der Waals surface area contributed by atoms with E-state index in [1.807, 2.05) is 42.2 Å². The molecule has 1 N–H and O–H groups in total. The molecule has 0 aliphatic rings. The number of rotatable bonds is 7. The highest BCUT2D eigenvalue weighted by Crippen LogP contribution is 2.27. The maximum Gasteiger partial charge on any atom is 0.271 e. The van der Waals surface area contributed by atoms with Gasteiger partial charge >= 0.3 is 0 Å². The molecule has 1 amide bonds. The number of nitrogens with zero attached hydrogens (tertiary/aromatic N) is 2. The molecular weight excluding hydrogens is 342 g/mol.